The molecule has 4 N–H and O–H groups in total. The molecular formula is C28H42N2O3. The Morgan fingerprint density at radius 2 is 1.64 bits per heavy atom. The van der Waals surface area contributed by atoms with Gasteiger partial charge in [-0.3, -0.25) is 0 Å². The van der Waals surface area contributed by atoms with E-state index in [0.29, 0.717) is 11.8 Å². The minimum Gasteiger partial charge on any atom is -0.508 e. The molecule has 1 aliphatic rings. The molecule has 0 bridgehead atoms. The number of phenolic OH excluding ortho intramolecular Hbond substituents is 3. The predicted octanol–water partition coefficient (Wildman–Crippen LogP) is 5.16. The number of aromatic hydroxyl groups is 3. The van der Waals surface area contributed by atoms with Gasteiger partial charge < -0.3 is 25.5 Å². The third-order valence-electron chi connectivity index (χ3n) is 6.87. The molecule has 0 radical (unpaired) electrons. The maximum absolute atomic E-state index is 10.1. The first-order valence-corrected chi connectivity index (χ1v) is 12.8. The third-order valence-corrected chi connectivity index (χ3v) is 6.87. The van der Waals surface area contributed by atoms with E-state index in [2.05, 4.69) is 17.1 Å². The van der Waals surface area contributed by atoms with Gasteiger partial charge >= 0.3 is 0 Å². The van der Waals surface area contributed by atoms with Gasteiger partial charge in [0.05, 0.1) is 0 Å². The number of phenols is 3. The second-order valence-corrected chi connectivity index (χ2v) is 9.44. The highest BCUT2D eigenvalue weighted by molar-refractivity contribution is 5.50. The van der Waals surface area contributed by atoms with E-state index < -0.39 is 0 Å². The van der Waals surface area contributed by atoms with E-state index in [9.17, 15) is 15.3 Å². The van der Waals surface area contributed by atoms with Crippen LogP contribution in [0.2, 0.25) is 0 Å². The largest absolute Gasteiger partial charge is 0.508 e. The minimum atomic E-state index is 0.00412. The Morgan fingerprint density at radius 3 is 2.42 bits per heavy atom. The van der Waals surface area contributed by atoms with E-state index in [4.69, 9.17) is 0 Å². The summed E-state index contributed by atoms with van der Waals surface area (Å²) in [6.07, 6.45) is 11.2. The van der Waals surface area contributed by atoms with Crippen molar-refractivity contribution in [1.29, 1.82) is 0 Å². The van der Waals surface area contributed by atoms with Crippen LogP contribution in [0.3, 0.4) is 0 Å². The summed E-state index contributed by atoms with van der Waals surface area (Å²) in [6.45, 7) is 6.66. The fraction of sp³-hybridized carbons (Fsp3) is 0.571. The Hall–Kier alpha value is -2.24. The number of aryl methyl sites for hydroxylation is 1. The van der Waals surface area contributed by atoms with Crippen molar-refractivity contribution in [3.63, 3.8) is 0 Å². The van der Waals surface area contributed by atoms with E-state index in [1.54, 1.807) is 18.2 Å². The third kappa shape index (κ3) is 7.94. The summed E-state index contributed by atoms with van der Waals surface area (Å²) in [4.78, 5) is 2.65. The number of nitrogens with one attached hydrogen (secondary N) is 1. The summed E-state index contributed by atoms with van der Waals surface area (Å²) in [5.41, 5.74) is 3.42. The van der Waals surface area contributed by atoms with Crippen molar-refractivity contribution in [1.82, 2.24) is 10.2 Å². The summed E-state index contributed by atoms with van der Waals surface area (Å²) < 4.78 is 0. The van der Waals surface area contributed by atoms with Crippen LogP contribution in [0, 0.1) is 0 Å². The first-order valence-electron chi connectivity index (χ1n) is 12.8. The maximum atomic E-state index is 10.1. The molecule has 182 valence electrons. The molecule has 0 aromatic heterocycles. The van der Waals surface area contributed by atoms with Gasteiger partial charge in [0.15, 0.2) is 11.5 Å². The second kappa shape index (κ2) is 13.5. The fourth-order valence-corrected chi connectivity index (χ4v) is 5.00. The van der Waals surface area contributed by atoms with E-state index in [1.807, 2.05) is 18.2 Å². The summed E-state index contributed by atoms with van der Waals surface area (Å²) in [6, 6.07) is 11.7. The van der Waals surface area contributed by atoms with Crippen molar-refractivity contribution in [2.75, 3.05) is 26.2 Å². The van der Waals surface area contributed by atoms with E-state index in [-0.39, 0.29) is 11.5 Å². The van der Waals surface area contributed by atoms with Crippen LogP contribution < -0.4 is 5.32 Å². The van der Waals surface area contributed by atoms with Crippen molar-refractivity contribution >= 4 is 0 Å². The highest BCUT2D eigenvalue weighted by atomic mass is 16.3. The Balaban J connectivity index is 1.27. The molecular weight excluding hydrogens is 412 g/mol. The molecule has 5 heteroatoms. The van der Waals surface area contributed by atoms with Gasteiger partial charge in [0.1, 0.15) is 5.75 Å². The quantitative estimate of drug-likeness (QED) is 0.234. The molecule has 2 aromatic rings. The molecule has 1 atom stereocenters. The van der Waals surface area contributed by atoms with Crippen molar-refractivity contribution in [2.24, 2.45) is 0 Å². The Kier molecular flexibility index (Phi) is 10.4. The number of benzene rings is 2. The van der Waals surface area contributed by atoms with Crippen LogP contribution in [0.5, 0.6) is 17.2 Å². The first-order chi connectivity index (χ1) is 16.1. The lowest BCUT2D eigenvalue weighted by Gasteiger charge is -2.35. The zero-order valence-corrected chi connectivity index (χ0v) is 20.2. The number of hydrogen-bond acceptors (Lipinski definition) is 5. The minimum absolute atomic E-state index is 0.00412. The van der Waals surface area contributed by atoms with Crippen LogP contribution in [-0.4, -0.2) is 52.4 Å². The van der Waals surface area contributed by atoms with Gasteiger partial charge in [-0.25, -0.2) is 0 Å². The number of rotatable bonds is 14. The summed E-state index contributed by atoms with van der Waals surface area (Å²) in [5.74, 6) is 0.423. The number of hydrogen-bond donors (Lipinski definition) is 4. The Bertz CT molecular complexity index is 838. The van der Waals surface area contributed by atoms with Gasteiger partial charge in [-0.2, -0.15) is 0 Å². The summed E-state index contributed by atoms with van der Waals surface area (Å²) >= 11 is 0. The molecule has 5 nitrogen and oxygen atoms in total. The molecule has 0 saturated carbocycles. The molecule has 0 heterocycles. The highest BCUT2D eigenvalue weighted by Crippen LogP contribution is 2.36. The first kappa shape index (κ1) is 25.4. The van der Waals surface area contributed by atoms with E-state index in [0.717, 1.165) is 70.3 Å². The lowest BCUT2D eigenvalue weighted by molar-refractivity contribution is 0.175. The Morgan fingerprint density at radius 1 is 0.879 bits per heavy atom. The molecule has 0 saturated heterocycles. The summed E-state index contributed by atoms with van der Waals surface area (Å²) in [7, 11) is 0. The molecule has 3 rings (SSSR count). The average Bonchev–Trinajstić information content (AvgIpc) is 2.83. The summed E-state index contributed by atoms with van der Waals surface area (Å²) in [5, 5.41) is 32.8. The molecule has 0 fully saturated rings. The van der Waals surface area contributed by atoms with Crippen molar-refractivity contribution in [3.05, 3.63) is 53.1 Å². The van der Waals surface area contributed by atoms with Gasteiger partial charge in [-0.05, 0) is 107 Å². The molecule has 2 aromatic carbocycles. The van der Waals surface area contributed by atoms with Gasteiger partial charge in [-0.1, -0.05) is 38.0 Å². The van der Waals surface area contributed by atoms with Crippen molar-refractivity contribution < 1.29 is 15.3 Å². The Labute approximate surface area is 199 Å². The van der Waals surface area contributed by atoms with E-state index in [1.165, 1.54) is 36.8 Å². The van der Waals surface area contributed by atoms with Gasteiger partial charge in [-0.15, -0.1) is 0 Å². The molecule has 0 spiro atoms. The number of fused-ring (bicyclic) bond motifs is 1. The number of unbranched alkanes of at least 4 members (excludes halogenated alkanes) is 3. The van der Waals surface area contributed by atoms with Gasteiger partial charge in [0.2, 0.25) is 0 Å². The second-order valence-electron chi connectivity index (χ2n) is 9.44. The zero-order valence-electron chi connectivity index (χ0n) is 20.2. The average molecular weight is 455 g/mol. The lowest BCUT2D eigenvalue weighted by Crippen LogP contribution is -2.40. The molecule has 0 aliphatic heterocycles. The highest BCUT2D eigenvalue weighted by Gasteiger charge is 2.26. The molecule has 0 unspecified atom stereocenters. The van der Waals surface area contributed by atoms with Gasteiger partial charge in [0.25, 0.3) is 0 Å². The smallest absolute Gasteiger partial charge is 0.160 e. The topological polar surface area (TPSA) is 76.0 Å². The number of nitrogens with zero attached hydrogens (tertiary/aromatic N) is 1. The standard InChI is InChI=1S/C28H42N2O3/c1-2-19-30(24-12-15-26-23(21-24)11-16-27(32)28(26)33)20-6-4-3-5-17-29-18-7-8-22-9-13-25(31)14-10-22/h9-11,13-14,16,24,29,31-33H,2-8,12,15,17-21H2,1H3/t24-/m0/s1. The normalized spacial score (nSPS) is 15.6. The SMILES string of the molecule is CCCN(CCCCCCNCCCc1ccc(O)cc1)[C@H]1CCc2c(ccc(O)c2O)C1. The van der Waals surface area contributed by atoms with Crippen LogP contribution in [0.1, 0.15) is 68.6 Å². The maximum Gasteiger partial charge on any atom is 0.160 e. The van der Waals surface area contributed by atoms with Crippen LogP contribution >= 0.6 is 0 Å². The molecule has 33 heavy (non-hydrogen) atoms. The predicted molar refractivity (Wildman–Crippen MR) is 135 cm³/mol. The molecule has 1 aliphatic carbocycles. The van der Waals surface area contributed by atoms with E-state index >= 15 is 0 Å². The lowest BCUT2D eigenvalue weighted by atomic mass is 9.86. The van der Waals surface area contributed by atoms with Crippen LogP contribution in [0.4, 0.5) is 0 Å². The van der Waals surface area contributed by atoms with Crippen LogP contribution in [0.25, 0.3) is 0 Å². The zero-order chi connectivity index (χ0) is 23.5. The van der Waals surface area contributed by atoms with Crippen LogP contribution in [0.15, 0.2) is 36.4 Å². The van der Waals surface area contributed by atoms with Crippen molar-refractivity contribution in [3.8, 4) is 17.2 Å². The van der Waals surface area contributed by atoms with Crippen molar-refractivity contribution in [2.45, 2.75) is 77.2 Å². The monoisotopic (exact) mass is 454 g/mol. The van der Waals surface area contributed by atoms with Gasteiger partial charge in [0, 0.05) is 11.6 Å². The molecule has 0 amide bonds. The van der Waals surface area contributed by atoms with Crippen LogP contribution in [-0.2, 0) is 19.3 Å². The fourth-order valence-electron chi connectivity index (χ4n) is 5.00.